The highest BCUT2D eigenvalue weighted by Gasteiger charge is 2.22. The number of benzene rings is 1. The van der Waals surface area contributed by atoms with Crippen molar-refractivity contribution in [2.24, 2.45) is 0 Å². The molecule has 3 N–H and O–H groups in total. The van der Waals surface area contributed by atoms with E-state index in [0.717, 1.165) is 11.3 Å². The number of anilines is 2. The smallest absolute Gasteiger partial charge is 0.228 e. The second-order valence-electron chi connectivity index (χ2n) is 6.44. The van der Waals surface area contributed by atoms with Gasteiger partial charge in [0.1, 0.15) is 12.4 Å². The summed E-state index contributed by atoms with van der Waals surface area (Å²) >= 11 is 6.25. The van der Waals surface area contributed by atoms with Gasteiger partial charge in [0, 0.05) is 0 Å². The predicted molar refractivity (Wildman–Crippen MR) is 97.6 cm³/mol. The molecule has 1 aromatic heterocycles. The van der Waals surface area contributed by atoms with Gasteiger partial charge < -0.3 is 15.8 Å². The molecule has 0 aliphatic carbocycles. The maximum absolute atomic E-state index is 6.25. The van der Waals surface area contributed by atoms with Gasteiger partial charge in [-0.15, -0.1) is 11.6 Å². The first-order valence-corrected chi connectivity index (χ1v) is 8.20. The number of aryl methyl sites for hydroxylation is 2. The lowest BCUT2D eigenvalue weighted by Crippen LogP contribution is -2.26. The Morgan fingerprint density at radius 2 is 1.96 bits per heavy atom. The molecule has 0 aliphatic rings. The number of hydrogen-bond acceptors (Lipinski definition) is 6. The molecule has 2 rings (SSSR count). The normalized spacial score (nSPS) is 12.8. The Kier molecular flexibility index (Phi) is 5.49. The highest BCUT2D eigenvalue weighted by Crippen LogP contribution is 2.25. The molecule has 130 valence electrons. The van der Waals surface area contributed by atoms with Gasteiger partial charge in [-0.25, -0.2) is 0 Å². The van der Waals surface area contributed by atoms with Gasteiger partial charge in [-0.3, -0.25) is 0 Å². The Bertz CT molecular complexity index is 715. The van der Waals surface area contributed by atoms with Crippen molar-refractivity contribution in [2.75, 3.05) is 17.7 Å². The van der Waals surface area contributed by atoms with Crippen LogP contribution in [-0.2, 0) is 4.87 Å². The molecular formula is C17H24ClN5O. The number of halogens is 1. The van der Waals surface area contributed by atoms with Crippen molar-refractivity contribution in [3.8, 4) is 5.75 Å². The summed E-state index contributed by atoms with van der Waals surface area (Å²) in [6.45, 7) is 10.1. The van der Waals surface area contributed by atoms with Crippen LogP contribution < -0.4 is 15.8 Å². The van der Waals surface area contributed by atoms with Gasteiger partial charge in [0.15, 0.2) is 5.82 Å². The molecule has 1 heterocycles. The van der Waals surface area contributed by atoms with Crippen LogP contribution in [-0.4, -0.2) is 27.6 Å². The van der Waals surface area contributed by atoms with Crippen molar-refractivity contribution in [1.29, 1.82) is 0 Å². The highest BCUT2D eigenvalue weighted by atomic mass is 35.5. The van der Waals surface area contributed by atoms with Gasteiger partial charge in [-0.1, -0.05) is 17.7 Å². The molecular weight excluding hydrogens is 326 g/mol. The lowest BCUT2D eigenvalue weighted by molar-refractivity contribution is 0.301. The van der Waals surface area contributed by atoms with E-state index in [2.05, 4.69) is 33.3 Å². The third kappa shape index (κ3) is 4.96. The number of nitrogens with one attached hydrogen (secondary N) is 1. The highest BCUT2D eigenvalue weighted by molar-refractivity contribution is 6.23. The van der Waals surface area contributed by atoms with Crippen LogP contribution in [0.15, 0.2) is 18.2 Å². The molecule has 6 nitrogen and oxygen atoms in total. The summed E-state index contributed by atoms with van der Waals surface area (Å²) in [6.07, 6.45) is 0. The fourth-order valence-electron chi connectivity index (χ4n) is 2.16. The van der Waals surface area contributed by atoms with Crippen LogP contribution >= 0.6 is 11.6 Å². The molecule has 1 aromatic carbocycles. The Hall–Kier alpha value is -2.08. The van der Waals surface area contributed by atoms with Crippen molar-refractivity contribution in [3.63, 3.8) is 0 Å². The molecule has 0 spiro atoms. The van der Waals surface area contributed by atoms with E-state index in [9.17, 15) is 0 Å². The number of alkyl halides is 1. The van der Waals surface area contributed by atoms with E-state index in [1.54, 1.807) is 13.8 Å². The Labute approximate surface area is 147 Å². The second kappa shape index (κ2) is 7.21. The number of rotatable bonds is 6. The average Bonchev–Trinajstić information content (AvgIpc) is 2.44. The largest absolute Gasteiger partial charge is 0.491 e. The minimum Gasteiger partial charge on any atom is -0.491 e. The van der Waals surface area contributed by atoms with E-state index in [1.807, 2.05) is 26.0 Å². The molecule has 1 unspecified atom stereocenters. The van der Waals surface area contributed by atoms with Crippen molar-refractivity contribution in [3.05, 3.63) is 35.2 Å². The monoisotopic (exact) mass is 349 g/mol. The first-order chi connectivity index (χ1) is 11.1. The van der Waals surface area contributed by atoms with Crippen molar-refractivity contribution in [1.82, 2.24) is 15.0 Å². The quantitative estimate of drug-likeness (QED) is 0.777. The summed E-state index contributed by atoms with van der Waals surface area (Å²) in [7, 11) is 0. The number of hydrogen-bond donors (Lipinski definition) is 2. The van der Waals surface area contributed by atoms with E-state index in [0.29, 0.717) is 18.4 Å². The Morgan fingerprint density at radius 1 is 1.25 bits per heavy atom. The molecule has 0 saturated carbocycles. The van der Waals surface area contributed by atoms with Crippen molar-refractivity contribution >= 4 is 23.5 Å². The molecule has 0 amide bonds. The molecule has 2 aromatic rings. The second-order valence-corrected chi connectivity index (χ2v) is 7.38. The third-order valence-corrected chi connectivity index (χ3v) is 3.55. The molecule has 0 radical (unpaired) electrons. The lowest BCUT2D eigenvalue weighted by atomic mass is 10.1. The summed E-state index contributed by atoms with van der Waals surface area (Å²) < 4.78 is 5.86. The molecule has 7 heteroatoms. The van der Waals surface area contributed by atoms with Crippen LogP contribution in [0.5, 0.6) is 5.75 Å². The lowest BCUT2D eigenvalue weighted by Gasteiger charge is -2.18. The summed E-state index contributed by atoms with van der Waals surface area (Å²) in [6, 6.07) is 6.09. The van der Waals surface area contributed by atoms with Gasteiger partial charge >= 0.3 is 0 Å². The maximum atomic E-state index is 6.25. The predicted octanol–water partition coefficient (Wildman–Crippen LogP) is 3.42. The zero-order valence-electron chi connectivity index (χ0n) is 14.7. The number of ether oxygens (including phenoxy) is 1. The van der Waals surface area contributed by atoms with Crippen LogP contribution in [0, 0.1) is 13.8 Å². The van der Waals surface area contributed by atoms with Gasteiger partial charge in [-0.2, -0.15) is 15.0 Å². The Balaban J connectivity index is 2.02. The standard InChI is InChI=1S/C17H24ClN5O/c1-10-6-7-13(11(2)8-10)24-9-12(3)20-16-22-14(17(4,5)18)21-15(19)23-16/h6-8,12H,9H2,1-5H3,(H3,19,20,21,22,23). The number of nitrogen functional groups attached to an aromatic ring is 1. The van der Waals surface area contributed by atoms with Crippen LogP contribution in [0.25, 0.3) is 0 Å². The van der Waals surface area contributed by atoms with Gasteiger partial charge in [0.2, 0.25) is 11.9 Å². The molecule has 0 aliphatic heterocycles. The Morgan fingerprint density at radius 3 is 2.58 bits per heavy atom. The first kappa shape index (κ1) is 18.3. The SMILES string of the molecule is Cc1ccc(OCC(C)Nc2nc(N)nc(C(C)(C)Cl)n2)c(C)c1. The zero-order valence-corrected chi connectivity index (χ0v) is 15.5. The zero-order chi connectivity index (χ0) is 17.9. The van der Waals surface area contributed by atoms with Crippen LogP contribution in [0.3, 0.4) is 0 Å². The van der Waals surface area contributed by atoms with Crippen LogP contribution in [0.4, 0.5) is 11.9 Å². The van der Waals surface area contributed by atoms with Crippen molar-refractivity contribution < 1.29 is 4.74 Å². The van der Waals surface area contributed by atoms with Crippen LogP contribution in [0.2, 0.25) is 0 Å². The van der Waals surface area contributed by atoms with Gasteiger partial charge in [-0.05, 0) is 46.2 Å². The minimum atomic E-state index is -0.716. The number of nitrogens with two attached hydrogens (primary N) is 1. The van der Waals surface area contributed by atoms with Gasteiger partial charge in [0.25, 0.3) is 0 Å². The summed E-state index contributed by atoms with van der Waals surface area (Å²) in [5.74, 6) is 1.83. The van der Waals surface area contributed by atoms with Crippen LogP contribution in [0.1, 0.15) is 37.7 Å². The maximum Gasteiger partial charge on any atom is 0.228 e. The summed E-state index contributed by atoms with van der Waals surface area (Å²) in [5, 5.41) is 3.17. The molecule has 0 saturated heterocycles. The minimum absolute atomic E-state index is 0.0150. The fourth-order valence-corrected chi connectivity index (χ4v) is 2.25. The number of nitrogens with zero attached hydrogens (tertiary/aromatic N) is 3. The van der Waals surface area contributed by atoms with Crippen molar-refractivity contribution in [2.45, 2.75) is 45.5 Å². The van der Waals surface area contributed by atoms with E-state index in [1.165, 1.54) is 5.56 Å². The molecule has 24 heavy (non-hydrogen) atoms. The first-order valence-electron chi connectivity index (χ1n) is 7.82. The molecule has 0 bridgehead atoms. The fraction of sp³-hybridized carbons (Fsp3) is 0.471. The average molecular weight is 350 g/mol. The molecule has 0 fully saturated rings. The summed E-state index contributed by atoms with van der Waals surface area (Å²) in [4.78, 5) is 11.8. The van der Waals surface area contributed by atoms with E-state index < -0.39 is 4.87 Å². The third-order valence-electron chi connectivity index (χ3n) is 3.38. The topological polar surface area (TPSA) is 86.0 Å². The summed E-state index contributed by atoms with van der Waals surface area (Å²) in [5.41, 5.74) is 8.06. The van der Waals surface area contributed by atoms with E-state index in [4.69, 9.17) is 22.1 Å². The van der Waals surface area contributed by atoms with Gasteiger partial charge in [0.05, 0.1) is 10.9 Å². The number of aromatic nitrogens is 3. The van der Waals surface area contributed by atoms with E-state index >= 15 is 0 Å². The molecule has 1 atom stereocenters. The van der Waals surface area contributed by atoms with E-state index in [-0.39, 0.29) is 12.0 Å².